The second kappa shape index (κ2) is 2.57. The predicted molar refractivity (Wildman–Crippen MR) is 52.0 cm³/mol. The fraction of sp³-hybridized carbons (Fsp3) is 0. The molecule has 1 heterocycles. The Morgan fingerprint density at radius 3 is 2.83 bits per heavy atom. The van der Waals surface area contributed by atoms with Gasteiger partial charge >= 0.3 is 0 Å². The topological polar surface area (TPSA) is 54.7 Å². The molecule has 0 aliphatic rings. The van der Waals surface area contributed by atoms with Crippen molar-refractivity contribution in [1.29, 1.82) is 0 Å². The van der Waals surface area contributed by atoms with E-state index in [4.69, 9.17) is 18.0 Å². The molecular formula is C8H7N3S. The number of nitrogens with zero attached hydrogens (tertiary/aromatic N) is 1. The van der Waals surface area contributed by atoms with Gasteiger partial charge in [-0.3, -0.25) is 0 Å². The molecule has 1 aromatic carbocycles. The van der Waals surface area contributed by atoms with Crippen molar-refractivity contribution in [3.8, 4) is 0 Å². The number of rotatable bonds is 1. The Morgan fingerprint density at radius 1 is 1.42 bits per heavy atom. The van der Waals surface area contributed by atoms with Crippen LogP contribution in [0, 0.1) is 0 Å². The van der Waals surface area contributed by atoms with E-state index in [0.29, 0.717) is 10.8 Å². The first-order chi connectivity index (χ1) is 5.77. The number of nitrogens with one attached hydrogen (secondary N) is 1. The molecule has 0 saturated heterocycles. The van der Waals surface area contributed by atoms with Crippen LogP contribution in [0.2, 0.25) is 0 Å². The van der Waals surface area contributed by atoms with Crippen LogP contribution in [0.3, 0.4) is 0 Å². The SMILES string of the molecule is NC(=S)c1nc2ccccc2[nH]1. The number of benzene rings is 1. The Hall–Kier alpha value is -1.42. The number of H-pyrrole nitrogens is 1. The number of thiocarbonyl (C=S) groups is 1. The molecular weight excluding hydrogens is 170 g/mol. The van der Waals surface area contributed by atoms with Crippen LogP contribution in [0.4, 0.5) is 0 Å². The maximum Gasteiger partial charge on any atom is 0.165 e. The number of hydrogen-bond acceptors (Lipinski definition) is 2. The average Bonchev–Trinajstić information content (AvgIpc) is 2.46. The van der Waals surface area contributed by atoms with E-state index in [-0.39, 0.29) is 0 Å². The molecule has 0 bridgehead atoms. The van der Waals surface area contributed by atoms with E-state index in [1.54, 1.807) is 0 Å². The van der Waals surface area contributed by atoms with Gasteiger partial charge in [-0.2, -0.15) is 0 Å². The summed E-state index contributed by atoms with van der Waals surface area (Å²) in [4.78, 5) is 7.51. The third kappa shape index (κ3) is 1.06. The van der Waals surface area contributed by atoms with Crippen molar-refractivity contribution in [1.82, 2.24) is 9.97 Å². The van der Waals surface area contributed by atoms with Gasteiger partial charge in [-0.05, 0) is 12.1 Å². The minimum Gasteiger partial charge on any atom is -0.387 e. The maximum atomic E-state index is 5.42. The molecule has 0 amide bonds. The van der Waals surface area contributed by atoms with E-state index in [9.17, 15) is 0 Å². The third-order valence-corrected chi connectivity index (χ3v) is 1.82. The number of imidazole rings is 1. The molecule has 0 unspecified atom stereocenters. The van der Waals surface area contributed by atoms with Crippen molar-refractivity contribution in [2.75, 3.05) is 0 Å². The van der Waals surface area contributed by atoms with Crippen LogP contribution in [0.25, 0.3) is 11.0 Å². The Labute approximate surface area is 74.6 Å². The Bertz CT molecular complexity index is 400. The number of aromatic nitrogens is 2. The summed E-state index contributed by atoms with van der Waals surface area (Å²) in [5, 5.41) is 0. The van der Waals surface area contributed by atoms with Gasteiger partial charge in [0.2, 0.25) is 0 Å². The van der Waals surface area contributed by atoms with Gasteiger partial charge in [-0.15, -0.1) is 0 Å². The highest BCUT2D eigenvalue weighted by Gasteiger charge is 2.02. The molecule has 0 aliphatic carbocycles. The molecule has 2 rings (SSSR count). The van der Waals surface area contributed by atoms with E-state index in [0.717, 1.165) is 11.0 Å². The number of hydrogen-bond donors (Lipinski definition) is 2. The van der Waals surface area contributed by atoms with Crippen LogP contribution in [0.5, 0.6) is 0 Å². The predicted octanol–water partition coefficient (Wildman–Crippen LogP) is 1.20. The maximum absolute atomic E-state index is 5.42. The smallest absolute Gasteiger partial charge is 0.165 e. The van der Waals surface area contributed by atoms with Gasteiger partial charge in [0.05, 0.1) is 11.0 Å². The van der Waals surface area contributed by atoms with Crippen molar-refractivity contribution in [2.24, 2.45) is 5.73 Å². The minimum absolute atomic E-state index is 0.297. The highest BCUT2D eigenvalue weighted by Crippen LogP contribution is 2.09. The molecule has 12 heavy (non-hydrogen) atoms. The lowest BCUT2D eigenvalue weighted by Crippen LogP contribution is -2.10. The van der Waals surface area contributed by atoms with Crippen LogP contribution in [0.1, 0.15) is 5.82 Å². The number of aromatic amines is 1. The van der Waals surface area contributed by atoms with E-state index in [1.165, 1.54) is 0 Å². The minimum atomic E-state index is 0.297. The quantitative estimate of drug-likeness (QED) is 0.643. The zero-order chi connectivity index (χ0) is 8.55. The van der Waals surface area contributed by atoms with Gasteiger partial charge in [-0.1, -0.05) is 24.4 Å². The molecule has 60 valence electrons. The second-order valence-corrected chi connectivity index (χ2v) is 2.91. The molecule has 2 aromatic rings. The van der Waals surface area contributed by atoms with E-state index < -0.39 is 0 Å². The largest absolute Gasteiger partial charge is 0.387 e. The van der Waals surface area contributed by atoms with E-state index >= 15 is 0 Å². The zero-order valence-electron chi connectivity index (χ0n) is 6.24. The van der Waals surface area contributed by atoms with Crippen molar-refractivity contribution < 1.29 is 0 Å². The molecule has 0 radical (unpaired) electrons. The lowest BCUT2D eigenvalue weighted by molar-refractivity contribution is 1.29. The zero-order valence-corrected chi connectivity index (χ0v) is 7.06. The standard InChI is InChI=1S/C8H7N3S/c9-7(12)8-10-5-3-1-2-4-6(5)11-8/h1-4H,(H2,9,12)(H,10,11). The molecule has 0 fully saturated rings. The average molecular weight is 177 g/mol. The highest BCUT2D eigenvalue weighted by molar-refractivity contribution is 7.80. The van der Waals surface area contributed by atoms with Gasteiger partial charge in [0.15, 0.2) is 5.82 Å². The summed E-state index contributed by atoms with van der Waals surface area (Å²) in [5.74, 6) is 0.575. The van der Waals surface area contributed by atoms with Crippen molar-refractivity contribution in [3.63, 3.8) is 0 Å². The van der Waals surface area contributed by atoms with Crippen molar-refractivity contribution in [2.45, 2.75) is 0 Å². The number of fused-ring (bicyclic) bond motifs is 1. The van der Waals surface area contributed by atoms with Crippen LogP contribution < -0.4 is 5.73 Å². The Kier molecular flexibility index (Phi) is 1.55. The first-order valence-corrected chi connectivity index (χ1v) is 3.93. The van der Waals surface area contributed by atoms with Gasteiger partial charge in [0, 0.05) is 0 Å². The number of para-hydroxylation sites is 2. The van der Waals surface area contributed by atoms with E-state index in [1.807, 2.05) is 24.3 Å². The molecule has 4 heteroatoms. The van der Waals surface area contributed by atoms with Gasteiger partial charge in [-0.25, -0.2) is 4.98 Å². The summed E-state index contributed by atoms with van der Waals surface area (Å²) in [7, 11) is 0. The van der Waals surface area contributed by atoms with Crippen molar-refractivity contribution in [3.05, 3.63) is 30.1 Å². The summed E-state index contributed by atoms with van der Waals surface area (Å²) < 4.78 is 0. The van der Waals surface area contributed by atoms with Crippen LogP contribution in [-0.4, -0.2) is 15.0 Å². The Balaban J connectivity index is 2.70. The highest BCUT2D eigenvalue weighted by atomic mass is 32.1. The van der Waals surface area contributed by atoms with Crippen LogP contribution in [-0.2, 0) is 0 Å². The molecule has 1 aromatic heterocycles. The lowest BCUT2D eigenvalue weighted by Gasteiger charge is -1.85. The fourth-order valence-electron chi connectivity index (χ4n) is 1.07. The van der Waals surface area contributed by atoms with E-state index in [2.05, 4.69) is 9.97 Å². The molecule has 3 nitrogen and oxygen atoms in total. The first-order valence-electron chi connectivity index (χ1n) is 3.52. The number of nitrogens with two attached hydrogens (primary N) is 1. The third-order valence-electron chi connectivity index (χ3n) is 1.62. The fourth-order valence-corrected chi connectivity index (χ4v) is 1.17. The summed E-state index contributed by atoms with van der Waals surface area (Å²) in [6, 6.07) is 7.70. The van der Waals surface area contributed by atoms with Crippen molar-refractivity contribution >= 4 is 28.2 Å². The van der Waals surface area contributed by atoms with Crippen LogP contribution in [0.15, 0.2) is 24.3 Å². The lowest BCUT2D eigenvalue weighted by atomic mass is 10.3. The normalized spacial score (nSPS) is 10.3. The summed E-state index contributed by atoms with van der Waals surface area (Å²) in [6.07, 6.45) is 0. The van der Waals surface area contributed by atoms with Gasteiger partial charge in [0.25, 0.3) is 0 Å². The molecule has 0 aliphatic heterocycles. The molecule has 0 spiro atoms. The summed E-state index contributed by atoms with van der Waals surface area (Å²) >= 11 is 4.79. The van der Waals surface area contributed by atoms with Gasteiger partial charge in [0.1, 0.15) is 4.99 Å². The Morgan fingerprint density at radius 2 is 2.17 bits per heavy atom. The first kappa shape index (κ1) is 7.24. The summed E-state index contributed by atoms with van der Waals surface area (Å²) in [6.45, 7) is 0. The molecule has 0 saturated carbocycles. The molecule has 3 N–H and O–H groups in total. The second-order valence-electron chi connectivity index (χ2n) is 2.47. The summed E-state index contributed by atoms with van der Waals surface area (Å²) in [5.41, 5.74) is 7.26. The van der Waals surface area contributed by atoms with Gasteiger partial charge < -0.3 is 10.7 Å². The monoisotopic (exact) mass is 177 g/mol. The van der Waals surface area contributed by atoms with Crippen LogP contribution >= 0.6 is 12.2 Å². The molecule has 0 atom stereocenters.